The van der Waals surface area contributed by atoms with E-state index in [1.807, 2.05) is 0 Å². The van der Waals surface area contributed by atoms with Crippen molar-refractivity contribution >= 4 is 0 Å². The second-order valence-electron chi connectivity index (χ2n) is 2.35. The smallest absolute Gasteiger partial charge is 0.0611 e. The number of hydrogen-bond acceptors (Lipinski definition) is 1. The van der Waals surface area contributed by atoms with E-state index in [0.29, 0.717) is 6.10 Å². The minimum Gasteiger partial charge on any atom is -0.381 e. The Labute approximate surface area is 50.3 Å². The highest BCUT2D eigenvalue weighted by Gasteiger charge is 2.15. The molecule has 1 aliphatic rings. The second-order valence-corrected chi connectivity index (χ2v) is 2.35. The van der Waals surface area contributed by atoms with Gasteiger partial charge in [-0.3, -0.25) is 0 Å². The first kappa shape index (κ1) is 5.83. The average Bonchev–Trinajstić information content (AvgIpc) is 2.14. The zero-order valence-electron chi connectivity index (χ0n) is 5.31. The molecule has 0 spiro atoms. The molecule has 0 bridgehead atoms. The number of rotatable bonds is 1. The third kappa shape index (κ3) is 1.10. The highest BCUT2D eigenvalue weighted by atomic mass is 16.5. The van der Waals surface area contributed by atoms with Crippen LogP contribution in [0.5, 0.6) is 0 Å². The molecule has 0 saturated heterocycles. The molecule has 1 rings (SSSR count). The van der Waals surface area contributed by atoms with E-state index < -0.39 is 0 Å². The minimum absolute atomic E-state index is 0.475. The van der Waals surface area contributed by atoms with Crippen LogP contribution < -0.4 is 0 Å². The van der Waals surface area contributed by atoms with Crippen LogP contribution in [0.25, 0.3) is 0 Å². The Hall–Kier alpha value is -0.300. The molecule has 46 valence electrons. The van der Waals surface area contributed by atoms with Crippen molar-refractivity contribution in [1.29, 1.82) is 0 Å². The lowest BCUT2D eigenvalue weighted by Gasteiger charge is -2.02. The fourth-order valence-electron chi connectivity index (χ4n) is 1.09. The maximum Gasteiger partial charge on any atom is 0.0611 e. The molecule has 0 aromatic rings. The summed E-state index contributed by atoms with van der Waals surface area (Å²) in [6.07, 6.45) is 3.90. The summed E-state index contributed by atoms with van der Waals surface area (Å²) in [6.45, 7) is 3.87. The fraction of sp³-hybridized carbons (Fsp3) is 0.714. The fourth-order valence-corrected chi connectivity index (χ4v) is 1.09. The Balaban J connectivity index is 2.32. The molecule has 0 amide bonds. The van der Waals surface area contributed by atoms with Gasteiger partial charge in [0.15, 0.2) is 0 Å². The highest BCUT2D eigenvalue weighted by Crippen LogP contribution is 2.24. The first-order valence-electron chi connectivity index (χ1n) is 3.02. The third-order valence-electron chi connectivity index (χ3n) is 1.67. The van der Waals surface area contributed by atoms with Crippen LogP contribution in [-0.4, -0.2) is 13.2 Å². The van der Waals surface area contributed by atoms with E-state index in [4.69, 9.17) is 4.74 Å². The molecule has 8 heavy (non-hydrogen) atoms. The summed E-state index contributed by atoms with van der Waals surface area (Å²) in [6, 6.07) is 0. The first-order chi connectivity index (χ1) is 3.83. The Morgan fingerprint density at radius 1 is 1.75 bits per heavy atom. The maximum atomic E-state index is 5.12. The standard InChI is InChI=1S/C7H12O/c1-6-3-4-7(5-6)8-2/h7H,1,3-5H2,2H3/t7-/m1/s1. The summed E-state index contributed by atoms with van der Waals surface area (Å²) in [4.78, 5) is 0. The van der Waals surface area contributed by atoms with Crippen molar-refractivity contribution in [2.75, 3.05) is 7.11 Å². The van der Waals surface area contributed by atoms with Gasteiger partial charge in [-0.15, -0.1) is 0 Å². The van der Waals surface area contributed by atoms with Crippen molar-refractivity contribution in [3.05, 3.63) is 12.2 Å². The lowest BCUT2D eigenvalue weighted by molar-refractivity contribution is 0.111. The molecule has 0 aromatic heterocycles. The van der Waals surface area contributed by atoms with Crippen molar-refractivity contribution in [2.24, 2.45) is 0 Å². The molecule has 0 N–H and O–H groups in total. The van der Waals surface area contributed by atoms with Crippen molar-refractivity contribution < 1.29 is 4.74 Å². The van der Waals surface area contributed by atoms with Crippen molar-refractivity contribution in [2.45, 2.75) is 25.4 Å². The molecule has 0 unspecified atom stereocenters. The maximum absolute atomic E-state index is 5.12. The van der Waals surface area contributed by atoms with Crippen LogP contribution in [0.2, 0.25) is 0 Å². The van der Waals surface area contributed by atoms with Crippen LogP contribution in [0.4, 0.5) is 0 Å². The monoisotopic (exact) mass is 112 g/mol. The molecule has 1 atom stereocenters. The summed E-state index contributed by atoms with van der Waals surface area (Å²) < 4.78 is 5.12. The van der Waals surface area contributed by atoms with Gasteiger partial charge in [0.25, 0.3) is 0 Å². The average molecular weight is 112 g/mol. The summed E-state index contributed by atoms with van der Waals surface area (Å²) in [7, 11) is 1.77. The Bertz CT molecular complexity index is 96.6. The lowest BCUT2D eigenvalue weighted by Crippen LogP contribution is -2.01. The van der Waals surface area contributed by atoms with Crippen LogP contribution in [0.15, 0.2) is 12.2 Å². The number of methoxy groups -OCH3 is 1. The topological polar surface area (TPSA) is 9.23 Å². The summed E-state index contributed by atoms with van der Waals surface area (Å²) in [5.74, 6) is 0. The molecule has 1 saturated carbocycles. The van der Waals surface area contributed by atoms with E-state index in [-0.39, 0.29) is 0 Å². The van der Waals surface area contributed by atoms with Crippen LogP contribution in [0.3, 0.4) is 0 Å². The minimum atomic E-state index is 0.475. The van der Waals surface area contributed by atoms with Crippen LogP contribution in [0, 0.1) is 0 Å². The summed E-state index contributed by atoms with van der Waals surface area (Å²) in [5, 5.41) is 0. The third-order valence-corrected chi connectivity index (χ3v) is 1.67. The first-order valence-corrected chi connectivity index (χ1v) is 3.02. The zero-order chi connectivity index (χ0) is 5.98. The van der Waals surface area contributed by atoms with Gasteiger partial charge in [0.2, 0.25) is 0 Å². The molecule has 0 radical (unpaired) electrons. The lowest BCUT2D eigenvalue weighted by atomic mass is 10.3. The molecule has 0 aliphatic heterocycles. The van der Waals surface area contributed by atoms with Crippen LogP contribution in [0.1, 0.15) is 19.3 Å². The highest BCUT2D eigenvalue weighted by molar-refractivity contribution is 5.02. The van der Waals surface area contributed by atoms with E-state index in [9.17, 15) is 0 Å². The largest absolute Gasteiger partial charge is 0.381 e. The normalized spacial score (nSPS) is 29.1. The van der Waals surface area contributed by atoms with Gasteiger partial charge in [-0.2, -0.15) is 0 Å². The predicted octanol–water partition coefficient (Wildman–Crippen LogP) is 1.74. The van der Waals surface area contributed by atoms with Gasteiger partial charge >= 0.3 is 0 Å². The van der Waals surface area contributed by atoms with E-state index in [1.165, 1.54) is 18.4 Å². The number of ether oxygens (including phenoxy) is 1. The van der Waals surface area contributed by atoms with Gasteiger partial charge in [-0.05, 0) is 19.3 Å². The van der Waals surface area contributed by atoms with Crippen molar-refractivity contribution in [1.82, 2.24) is 0 Å². The van der Waals surface area contributed by atoms with Gasteiger partial charge in [-0.1, -0.05) is 12.2 Å². The van der Waals surface area contributed by atoms with Crippen LogP contribution >= 0.6 is 0 Å². The molecule has 0 aromatic carbocycles. The molecule has 1 nitrogen and oxygen atoms in total. The van der Waals surface area contributed by atoms with E-state index in [0.717, 1.165) is 6.42 Å². The summed E-state index contributed by atoms with van der Waals surface area (Å²) >= 11 is 0. The molecular weight excluding hydrogens is 100 g/mol. The van der Waals surface area contributed by atoms with E-state index in [2.05, 4.69) is 6.58 Å². The Kier molecular flexibility index (Phi) is 1.69. The van der Waals surface area contributed by atoms with Crippen molar-refractivity contribution in [3.63, 3.8) is 0 Å². The van der Waals surface area contributed by atoms with Gasteiger partial charge in [0.1, 0.15) is 0 Å². The molecule has 1 heteroatoms. The SMILES string of the molecule is C=C1CC[C@@H](OC)C1. The molecule has 1 fully saturated rings. The zero-order valence-corrected chi connectivity index (χ0v) is 5.31. The van der Waals surface area contributed by atoms with Crippen LogP contribution in [-0.2, 0) is 4.74 Å². The van der Waals surface area contributed by atoms with Gasteiger partial charge in [0, 0.05) is 7.11 Å². The second kappa shape index (κ2) is 2.31. The Morgan fingerprint density at radius 2 is 2.50 bits per heavy atom. The van der Waals surface area contributed by atoms with E-state index in [1.54, 1.807) is 7.11 Å². The van der Waals surface area contributed by atoms with Gasteiger partial charge in [-0.25, -0.2) is 0 Å². The Morgan fingerprint density at radius 3 is 2.75 bits per heavy atom. The number of hydrogen-bond donors (Lipinski definition) is 0. The van der Waals surface area contributed by atoms with E-state index >= 15 is 0 Å². The van der Waals surface area contributed by atoms with Gasteiger partial charge in [0.05, 0.1) is 6.10 Å². The molecule has 1 aliphatic carbocycles. The summed E-state index contributed by atoms with van der Waals surface area (Å²) in [5.41, 5.74) is 1.34. The molecular formula is C7H12O. The molecule has 0 heterocycles. The van der Waals surface area contributed by atoms with Gasteiger partial charge < -0.3 is 4.74 Å². The predicted molar refractivity (Wildman–Crippen MR) is 33.8 cm³/mol. The van der Waals surface area contributed by atoms with Crippen molar-refractivity contribution in [3.8, 4) is 0 Å². The quantitative estimate of drug-likeness (QED) is 0.469.